The van der Waals surface area contributed by atoms with Gasteiger partial charge in [-0.05, 0) is 74.1 Å². The SMILES string of the molecule is CCN(c1cc2ccc1Nc1nc(ncc1Br)Nc1cc(c(N3CCC(N4CCN(C)CC4)CC3)cc1OC)OCCCCCO2)S(C)(=O)=O. The molecule has 4 aliphatic heterocycles. The smallest absolute Gasteiger partial charge is 0.232 e. The molecule has 5 heterocycles. The molecule has 3 aromatic rings. The van der Waals surface area contributed by atoms with Crippen LogP contribution >= 0.6 is 15.9 Å². The second-order valence-electron chi connectivity index (χ2n) is 13.1. The average molecular weight is 774 g/mol. The fraction of sp³-hybridized carbons (Fsp3) is 0.543. The quantitative estimate of drug-likeness (QED) is 0.321. The summed E-state index contributed by atoms with van der Waals surface area (Å²) in [6.45, 7) is 9.52. The van der Waals surface area contributed by atoms with Crippen LogP contribution in [0, 0.1) is 0 Å². The van der Waals surface area contributed by atoms with E-state index >= 15 is 0 Å². The minimum atomic E-state index is -3.57. The first kappa shape index (κ1) is 36.3. The Kier molecular flexibility index (Phi) is 11.8. The third-order valence-corrected chi connectivity index (χ3v) is 11.5. The summed E-state index contributed by atoms with van der Waals surface area (Å²) < 4.78 is 46.1. The van der Waals surface area contributed by atoms with Crippen molar-refractivity contribution in [3.8, 4) is 17.2 Å². The van der Waals surface area contributed by atoms with E-state index < -0.39 is 10.0 Å². The molecule has 2 aromatic carbocycles. The van der Waals surface area contributed by atoms with Crippen LogP contribution in [0.1, 0.15) is 39.0 Å². The van der Waals surface area contributed by atoms with E-state index in [1.165, 1.54) is 10.6 Å². The molecule has 50 heavy (non-hydrogen) atoms. The van der Waals surface area contributed by atoms with E-state index in [0.717, 1.165) is 82.8 Å². The molecule has 0 spiro atoms. The number of anilines is 6. The van der Waals surface area contributed by atoms with Gasteiger partial charge in [0.1, 0.15) is 23.1 Å². The second kappa shape index (κ2) is 16.2. The summed E-state index contributed by atoms with van der Waals surface area (Å²) in [5.74, 6) is 2.82. The van der Waals surface area contributed by atoms with E-state index in [4.69, 9.17) is 19.2 Å². The van der Waals surface area contributed by atoms with Crippen molar-refractivity contribution in [2.24, 2.45) is 0 Å². The van der Waals surface area contributed by atoms with Crippen molar-refractivity contribution < 1.29 is 22.6 Å². The third-order valence-electron chi connectivity index (χ3n) is 9.62. The van der Waals surface area contributed by atoms with Gasteiger partial charge in [-0.1, -0.05) is 0 Å². The van der Waals surface area contributed by atoms with Gasteiger partial charge in [0, 0.05) is 76.3 Å². The lowest BCUT2D eigenvalue weighted by Crippen LogP contribution is -2.52. The van der Waals surface area contributed by atoms with Crippen LogP contribution < -0.4 is 34.0 Å². The lowest BCUT2D eigenvalue weighted by molar-refractivity contribution is 0.0981. The number of hydrogen-bond donors (Lipinski definition) is 2. The van der Waals surface area contributed by atoms with Gasteiger partial charge >= 0.3 is 0 Å². The molecular formula is C35H49BrN8O5S. The van der Waals surface area contributed by atoms with Gasteiger partial charge in [-0.25, -0.2) is 13.4 Å². The average Bonchev–Trinajstić information content (AvgIpc) is 3.10. The van der Waals surface area contributed by atoms with Crippen LogP contribution in [0.5, 0.6) is 17.2 Å². The molecule has 0 aliphatic carbocycles. The van der Waals surface area contributed by atoms with Crippen molar-refractivity contribution in [3.63, 3.8) is 0 Å². The number of sulfonamides is 1. The number of aromatic nitrogens is 2. The van der Waals surface area contributed by atoms with E-state index in [-0.39, 0.29) is 6.54 Å². The van der Waals surface area contributed by atoms with Crippen LogP contribution in [-0.2, 0) is 10.0 Å². The standard InChI is InChI=1S/C35H49BrN8O5S/c1-5-44(50(4,45)46)30-21-26-9-10-28(30)38-34-27(36)24-37-35(40-34)39-29-22-33(49-20-8-6-7-19-48-26)31(23-32(29)47-3)43-13-11-25(12-14-43)42-17-15-41(2)16-18-42/h9-10,21-25H,5-8,11-20H2,1-4H3,(H2,37,38,39,40). The Labute approximate surface area is 304 Å². The first-order valence-corrected chi connectivity index (χ1v) is 20.1. The Hall–Kier alpha value is -3.53. The highest BCUT2D eigenvalue weighted by Crippen LogP contribution is 2.42. The van der Waals surface area contributed by atoms with Crippen LogP contribution in [-0.4, -0.2) is 114 Å². The predicted octanol–water partition coefficient (Wildman–Crippen LogP) is 5.68. The molecule has 15 heteroatoms. The van der Waals surface area contributed by atoms with Crippen molar-refractivity contribution >= 4 is 60.5 Å². The molecule has 6 bridgehead atoms. The number of piperazine rings is 1. The molecule has 13 nitrogen and oxygen atoms in total. The second-order valence-corrected chi connectivity index (χ2v) is 15.8. The molecule has 2 fully saturated rings. The Balaban J connectivity index is 1.30. The predicted molar refractivity (Wildman–Crippen MR) is 203 cm³/mol. The third kappa shape index (κ3) is 8.67. The molecule has 2 saturated heterocycles. The topological polar surface area (TPSA) is 125 Å². The van der Waals surface area contributed by atoms with E-state index in [2.05, 4.69) is 59.4 Å². The van der Waals surface area contributed by atoms with Crippen molar-refractivity contribution in [2.75, 3.05) is 99.3 Å². The first-order valence-electron chi connectivity index (χ1n) is 17.5. The highest BCUT2D eigenvalue weighted by Gasteiger charge is 2.29. The highest BCUT2D eigenvalue weighted by atomic mass is 79.9. The first-order chi connectivity index (χ1) is 24.1. The number of methoxy groups -OCH3 is 1. The van der Waals surface area contributed by atoms with Crippen molar-refractivity contribution in [1.29, 1.82) is 0 Å². The number of likely N-dealkylation sites (N-methyl/N-ethyl adjacent to an activating group) is 1. The monoisotopic (exact) mass is 772 g/mol. The maximum absolute atomic E-state index is 12.8. The fourth-order valence-electron chi connectivity index (χ4n) is 6.85. The summed E-state index contributed by atoms with van der Waals surface area (Å²) in [5, 5.41) is 6.67. The Morgan fingerprint density at radius 1 is 0.980 bits per heavy atom. The molecule has 0 radical (unpaired) electrons. The van der Waals surface area contributed by atoms with Crippen LogP contribution in [0.2, 0.25) is 0 Å². The summed E-state index contributed by atoms with van der Waals surface area (Å²) in [7, 11) is 0.297. The molecule has 272 valence electrons. The minimum absolute atomic E-state index is 0.251. The maximum atomic E-state index is 12.8. The molecule has 0 atom stereocenters. The van der Waals surface area contributed by atoms with Crippen molar-refractivity contribution in [3.05, 3.63) is 41.0 Å². The van der Waals surface area contributed by atoms with Gasteiger partial charge in [0.05, 0.1) is 53.8 Å². The number of ether oxygens (including phenoxy) is 3. The maximum Gasteiger partial charge on any atom is 0.232 e. The van der Waals surface area contributed by atoms with E-state index in [1.807, 2.05) is 18.2 Å². The van der Waals surface area contributed by atoms with Gasteiger partial charge < -0.3 is 34.6 Å². The summed E-state index contributed by atoms with van der Waals surface area (Å²) in [6.07, 6.45) is 7.66. The van der Waals surface area contributed by atoms with Gasteiger partial charge in [-0.3, -0.25) is 9.21 Å². The zero-order chi connectivity index (χ0) is 35.3. The van der Waals surface area contributed by atoms with Crippen LogP contribution in [0.15, 0.2) is 41.0 Å². The molecule has 4 aliphatic rings. The molecule has 0 amide bonds. The van der Waals surface area contributed by atoms with Gasteiger partial charge in [0.25, 0.3) is 0 Å². The zero-order valence-electron chi connectivity index (χ0n) is 29.5. The summed E-state index contributed by atoms with van der Waals surface area (Å²) in [5.41, 5.74) is 2.73. The number of nitrogens with one attached hydrogen (secondary N) is 2. The number of rotatable bonds is 6. The molecule has 2 N–H and O–H groups in total. The number of hydrogen-bond acceptors (Lipinski definition) is 12. The van der Waals surface area contributed by atoms with Gasteiger partial charge in [0.15, 0.2) is 0 Å². The van der Waals surface area contributed by atoms with Crippen LogP contribution in [0.3, 0.4) is 0 Å². The number of piperidine rings is 1. The summed E-state index contributed by atoms with van der Waals surface area (Å²) in [4.78, 5) is 16.8. The molecule has 0 unspecified atom stereocenters. The Morgan fingerprint density at radius 3 is 2.42 bits per heavy atom. The minimum Gasteiger partial charge on any atom is -0.494 e. The van der Waals surface area contributed by atoms with Crippen LogP contribution in [0.25, 0.3) is 0 Å². The number of benzene rings is 2. The number of nitrogens with zero attached hydrogens (tertiary/aromatic N) is 6. The molecule has 1 aromatic heterocycles. The molecular weight excluding hydrogens is 724 g/mol. The lowest BCUT2D eigenvalue weighted by Gasteiger charge is -2.42. The van der Waals surface area contributed by atoms with E-state index in [9.17, 15) is 8.42 Å². The Morgan fingerprint density at radius 2 is 1.72 bits per heavy atom. The normalized spacial score (nSPS) is 18.5. The van der Waals surface area contributed by atoms with E-state index in [0.29, 0.717) is 64.1 Å². The van der Waals surface area contributed by atoms with E-state index in [1.54, 1.807) is 26.3 Å². The number of fused-ring (bicyclic) bond motifs is 8. The van der Waals surface area contributed by atoms with Crippen molar-refractivity contribution in [1.82, 2.24) is 19.8 Å². The van der Waals surface area contributed by atoms with Crippen LogP contribution in [0.4, 0.5) is 34.5 Å². The Bertz CT molecular complexity index is 1730. The van der Waals surface area contributed by atoms with Gasteiger partial charge in [-0.15, -0.1) is 0 Å². The summed E-state index contributed by atoms with van der Waals surface area (Å²) >= 11 is 3.57. The lowest BCUT2D eigenvalue weighted by atomic mass is 10.0. The molecule has 0 saturated carbocycles. The zero-order valence-corrected chi connectivity index (χ0v) is 31.9. The van der Waals surface area contributed by atoms with Gasteiger partial charge in [0.2, 0.25) is 16.0 Å². The van der Waals surface area contributed by atoms with Crippen molar-refractivity contribution in [2.45, 2.75) is 45.1 Å². The number of halogens is 1. The summed E-state index contributed by atoms with van der Waals surface area (Å²) in [6, 6.07) is 10.0. The van der Waals surface area contributed by atoms with Gasteiger partial charge in [-0.2, -0.15) is 4.98 Å². The molecule has 7 rings (SSSR count). The highest BCUT2D eigenvalue weighted by molar-refractivity contribution is 9.10. The fourth-order valence-corrected chi connectivity index (χ4v) is 8.12. The largest absolute Gasteiger partial charge is 0.494 e.